The zero-order valence-corrected chi connectivity index (χ0v) is 20.1. The summed E-state index contributed by atoms with van der Waals surface area (Å²) in [6, 6.07) is 20.1. The van der Waals surface area contributed by atoms with Crippen molar-refractivity contribution >= 4 is 40.7 Å². The summed E-state index contributed by atoms with van der Waals surface area (Å²) in [5.74, 6) is 0.526. The van der Waals surface area contributed by atoms with Crippen LogP contribution in [-0.2, 0) is 4.79 Å². The van der Waals surface area contributed by atoms with E-state index in [2.05, 4.69) is 39.4 Å². The second-order valence-electron chi connectivity index (χ2n) is 8.00. The predicted octanol–water partition coefficient (Wildman–Crippen LogP) is 6.11. The lowest BCUT2D eigenvalue weighted by Crippen LogP contribution is -2.17. The maximum Gasteiger partial charge on any atom is 0.243 e. The van der Waals surface area contributed by atoms with E-state index in [4.69, 9.17) is 9.94 Å². The van der Waals surface area contributed by atoms with Crippen LogP contribution >= 0.6 is 11.8 Å². The first kappa shape index (κ1) is 24.5. The molecular formula is C27H28N4O3S. The maximum atomic E-state index is 11.0. The number of hydroxylamine groups is 1. The summed E-state index contributed by atoms with van der Waals surface area (Å²) < 4.78 is 6.05. The highest BCUT2D eigenvalue weighted by atomic mass is 32.2. The van der Waals surface area contributed by atoms with Gasteiger partial charge in [-0.25, -0.2) is 5.48 Å². The number of H-pyrrole nitrogens is 1. The van der Waals surface area contributed by atoms with Gasteiger partial charge in [0.1, 0.15) is 5.75 Å². The first-order valence-corrected chi connectivity index (χ1v) is 12.4. The highest BCUT2D eigenvalue weighted by Gasteiger charge is 2.09. The largest absolute Gasteiger partial charge is 0.492 e. The zero-order valence-electron chi connectivity index (χ0n) is 19.3. The molecule has 0 aliphatic rings. The SMILES string of the molecule is O=C(CCCCCCOc1ccccc1Sc1ccc2c(/C=C/c3ccccn3)n[nH]c2c1)NO. The Labute approximate surface area is 208 Å². The van der Waals surface area contributed by atoms with Gasteiger partial charge in [-0.2, -0.15) is 5.10 Å². The molecule has 180 valence electrons. The fourth-order valence-corrected chi connectivity index (χ4v) is 4.55. The summed E-state index contributed by atoms with van der Waals surface area (Å²) >= 11 is 1.66. The number of unbranched alkanes of at least 4 members (excludes halogenated alkanes) is 3. The number of benzene rings is 2. The van der Waals surface area contributed by atoms with E-state index in [1.807, 2.05) is 48.6 Å². The molecule has 0 bridgehead atoms. The molecule has 0 saturated carbocycles. The number of aromatic nitrogens is 3. The number of carbonyl (C=O) groups is 1. The molecule has 0 aliphatic carbocycles. The van der Waals surface area contributed by atoms with E-state index < -0.39 is 0 Å². The predicted molar refractivity (Wildman–Crippen MR) is 138 cm³/mol. The van der Waals surface area contributed by atoms with Gasteiger partial charge < -0.3 is 4.74 Å². The van der Waals surface area contributed by atoms with E-state index in [1.165, 1.54) is 0 Å². The average Bonchev–Trinajstić information content (AvgIpc) is 3.30. The number of rotatable bonds is 12. The lowest BCUT2D eigenvalue weighted by molar-refractivity contribution is -0.129. The minimum absolute atomic E-state index is 0.335. The Kier molecular flexibility index (Phi) is 8.91. The van der Waals surface area contributed by atoms with Gasteiger partial charge in [-0.1, -0.05) is 42.8 Å². The third-order valence-corrected chi connectivity index (χ3v) is 6.47. The summed E-state index contributed by atoms with van der Waals surface area (Å²) in [5.41, 5.74) is 4.40. The molecular weight excluding hydrogens is 460 g/mol. The summed E-state index contributed by atoms with van der Waals surface area (Å²) in [7, 11) is 0. The number of amides is 1. The van der Waals surface area contributed by atoms with Crippen LogP contribution in [-0.4, -0.2) is 32.9 Å². The van der Waals surface area contributed by atoms with Crippen molar-refractivity contribution in [3.05, 3.63) is 78.2 Å². The van der Waals surface area contributed by atoms with Crippen molar-refractivity contribution in [2.75, 3.05) is 6.61 Å². The summed E-state index contributed by atoms with van der Waals surface area (Å²) in [6.07, 6.45) is 9.62. The van der Waals surface area contributed by atoms with Gasteiger partial charge in [-0.3, -0.25) is 20.1 Å². The fourth-order valence-electron chi connectivity index (χ4n) is 3.61. The van der Waals surface area contributed by atoms with Gasteiger partial charge in [0.25, 0.3) is 0 Å². The van der Waals surface area contributed by atoms with Crippen LogP contribution in [0.2, 0.25) is 0 Å². The number of pyridine rings is 1. The van der Waals surface area contributed by atoms with Gasteiger partial charge in [0.2, 0.25) is 5.91 Å². The molecule has 2 aromatic heterocycles. The molecule has 4 rings (SSSR count). The Morgan fingerprint density at radius 1 is 1.03 bits per heavy atom. The van der Waals surface area contributed by atoms with Gasteiger partial charge >= 0.3 is 0 Å². The quantitative estimate of drug-likeness (QED) is 0.126. The van der Waals surface area contributed by atoms with Crippen molar-refractivity contribution in [3.63, 3.8) is 0 Å². The van der Waals surface area contributed by atoms with Crippen molar-refractivity contribution in [1.82, 2.24) is 20.7 Å². The monoisotopic (exact) mass is 488 g/mol. The summed E-state index contributed by atoms with van der Waals surface area (Å²) in [5, 5.41) is 17.2. The van der Waals surface area contributed by atoms with Crippen LogP contribution < -0.4 is 10.2 Å². The molecule has 0 saturated heterocycles. The van der Waals surface area contributed by atoms with E-state index in [9.17, 15) is 4.79 Å². The topological polar surface area (TPSA) is 100 Å². The summed E-state index contributed by atoms with van der Waals surface area (Å²) in [6.45, 7) is 0.620. The standard InChI is InChI=1S/C27H28N4O3S/c32-27(31-33)12-3-1-2-8-18-34-25-10-4-5-11-26(25)35-21-14-15-22-23(29-30-24(22)19-21)16-13-20-9-6-7-17-28-20/h4-7,9-11,13-17,19,33H,1-3,8,12,18H2,(H,29,30)(H,31,32)/b16-13+. The molecule has 0 spiro atoms. The molecule has 35 heavy (non-hydrogen) atoms. The van der Waals surface area contributed by atoms with Crippen LogP contribution in [0.5, 0.6) is 5.75 Å². The molecule has 0 unspecified atom stereocenters. The smallest absolute Gasteiger partial charge is 0.243 e. The number of aromatic amines is 1. The molecule has 2 aromatic carbocycles. The number of hydrogen-bond donors (Lipinski definition) is 3. The van der Waals surface area contributed by atoms with Crippen molar-refractivity contribution < 1.29 is 14.7 Å². The number of nitrogens with zero attached hydrogens (tertiary/aromatic N) is 2. The molecule has 1 amide bonds. The first-order chi connectivity index (χ1) is 17.2. The number of hydrogen-bond acceptors (Lipinski definition) is 6. The maximum absolute atomic E-state index is 11.0. The highest BCUT2D eigenvalue weighted by Crippen LogP contribution is 2.36. The Morgan fingerprint density at radius 3 is 2.74 bits per heavy atom. The van der Waals surface area contributed by atoms with E-state index in [-0.39, 0.29) is 5.91 Å². The Balaban J connectivity index is 1.33. The van der Waals surface area contributed by atoms with Crippen LogP contribution in [0, 0.1) is 0 Å². The van der Waals surface area contributed by atoms with Crippen LogP contribution in [0.25, 0.3) is 23.1 Å². The minimum atomic E-state index is -0.335. The first-order valence-electron chi connectivity index (χ1n) is 11.6. The minimum Gasteiger partial charge on any atom is -0.492 e. The van der Waals surface area contributed by atoms with Gasteiger partial charge in [0, 0.05) is 22.9 Å². The third kappa shape index (κ3) is 7.18. The van der Waals surface area contributed by atoms with E-state index in [0.717, 1.165) is 63.5 Å². The van der Waals surface area contributed by atoms with Crippen LogP contribution in [0.4, 0.5) is 0 Å². The molecule has 0 fully saturated rings. The van der Waals surface area contributed by atoms with Crippen molar-refractivity contribution in [1.29, 1.82) is 0 Å². The van der Waals surface area contributed by atoms with Crippen LogP contribution in [0.15, 0.2) is 76.7 Å². The lowest BCUT2D eigenvalue weighted by atomic mass is 10.1. The van der Waals surface area contributed by atoms with Crippen molar-refractivity contribution in [2.45, 2.75) is 41.9 Å². The van der Waals surface area contributed by atoms with Crippen molar-refractivity contribution in [3.8, 4) is 5.75 Å². The fraction of sp³-hybridized carbons (Fsp3) is 0.222. The second-order valence-corrected chi connectivity index (χ2v) is 9.12. The Hall–Kier alpha value is -3.62. The number of nitrogens with one attached hydrogen (secondary N) is 2. The number of fused-ring (bicyclic) bond motifs is 1. The van der Waals surface area contributed by atoms with Gasteiger partial charge in [0.05, 0.1) is 28.4 Å². The number of carbonyl (C=O) groups excluding carboxylic acids is 1. The van der Waals surface area contributed by atoms with Gasteiger partial charge in [0.15, 0.2) is 0 Å². The molecule has 4 aromatic rings. The number of ether oxygens (including phenoxy) is 1. The second kappa shape index (κ2) is 12.7. The Bertz CT molecular complexity index is 1270. The van der Waals surface area contributed by atoms with Crippen molar-refractivity contribution in [2.24, 2.45) is 0 Å². The molecule has 2 heterocycles. The summed E-state index contributed by atoms with van der Waals surface area (Å²) in [4.78, 5) is 17.5. The van der Waals surface area contributed by atoms with Gasteiger partial charge in [-0.05, 0) is 67.5 Å². The normalized spacial score (nSPS) is 11.2. The highest BCUT2D eigenvalue weighted by molar-refractivity contribution is 7.99. The van der Waals surface area contributed by atoms with E-state index in [0.29, 0.717) is 13.0 Å². The lowest BCUT2D eigenvalue weighted by Gasteiger charge is -2.11. The molecule has 0 atom stereocenters. The molecule has 0 aliphatic heterocycles. The third-order valence-electron chi connectivity index (χ3n) is 5.42. The molecule has 8 heteroatoms. The molecule has 0 radical (unpaired) electrons. The average molecular weight is 489 g/mol. The molecule has 3 N–H and O–H groups in total. The van der Waals surface area contributed by atoms with Crippen LogP contribution in [0.3, 0.4) is 0 Å². The van der Waals surface area contributed by atoms with Crippen LogP contribution in [0.1, 0.15) is 43.5 Å². The Morgan fingerprint density at radius 2 is 1.89 bits per heavy atom. The number of para-hydroxylation sites is 1. The van der Waals surface area contributed by atoms with E-state index in [1.54, 1.807) is 23.4 Å². The zero-order chi connectivity index (χ0) is 24.3. The van der Waals surface area contributed by atoms with Gasteiger partial charge in [-0.15, -0.1) is 0 Å². The molecule has 7 nitrogen and oxygen atoms in total. The van der Waals surface area contributed by atoms with E-state index >= 15 is 0 Å².